The van der Waals surface area contributed by atoms with Crippen molar-refractivity contribution in [3.05, 3.63) is 63.6 Å². The van der Waals surface area contributed by atoms with Crippen LogP contribution in [0.5, 0.6) is 5.75 Å². The average molecular weight is 333 g/mol. The maximum Gasteiger partial charge on any atom is 0.174 e. The highest BCUT2D eigenvalue weighted by molar-refractivity contribution is 9.10. The third-order valence-corrected chi connectivity index (χ3v) is 3.53. The number of carbonyl (C=O) groups excluding carboxylic acids is 2. The Bertz CT molecular complexity index is 663. The summed E-state index contributed by atoms with van der Waals surface area (Å²) in [4.78, 5) is 24.1. The minimum absolute atomic E-state index is 0.124. The van der Waals surface area contributed by atoms with Crippen molar-refractivity contribution in [2.45, 2.75) is 13.3 Å². The smallest absolute Gasteiger partial charge is 0.174 e. The van der Waals surface area contributed by atoms with E-state index < -0.39 is 0 Å². The predicted molar refractivity (Wildman–Crippen MR) is 80.3 cm³/mol. The third-order valence-electron chi connectivity index (χ3n) is 2.93. The van der Waals surface area contributed by atoms with Crippen LogP contribution in [0.4, 0.5) is 0 Å². The Labute approximate surface area is 125 Å². The quantitative estimate of drug-likeness (QED) is 0.682. The van der Waals surface area contributed by atoms with E-state index in [1.54, 1.807) is 36.4 Å². The van der Waals surface area contributed by atoms with E-state index in [4.69, 9.17) is 0 Å². The summed E-state index contributed by atoms with van der Waals surface area (Å²) in [5, 5.41) is 9.90. The van der Waals surface area contributed by atoms with Crippen LogP contribution < -0.4 is 0 Å². The van der Waals surface area contributed by atoms with Crippen molar-refractivity contribution in [1.29, 1.82) is 0 Å². The van der Waals surface area contributed by atoms with E-state index in [0.29, 0.717) is 10.0 Å². The summed E-state index contributed by atoms with van der Waals surface area (Å²) in [6, 6.07) is 11.9. The molecule has 4 heteroatoms. The number of Topliss-reactive ketones (excluding diaryl/α,β-unsaturated/α-hetero) is 2. The third kappa shape index (κ3) is 3.14. The number of rotatable bonds is 4. The van der Waals surface area contributed by atoms with E-state index in [2.05, 4.69) is 15.9 Å². The number of carbonyl (C=O) groups is 2. The Morgan fingerprint density at radius 3 is 2.40 bits per heavy atom. The highest BCUT2D eigenvalue weighted by Crippen LogP contribution is 2.30. The molecule has 0 radical (unpaired) electrons. The molecule has 0 saturated carbocycles. The Morgan fingerprint density at radius 1 is 1.10 bits per heavy atom. The highest BCUT2D eigenvalue weighted by atomic mass is 79.9. The molecule has 102 valence electrons. The van der Waals surface area contributed by atoms with Gasteiger partial charge < -0.3 is 5.11 Å². The number of aryl methyl sites for hydroxylation is 1. The average Bonchev–Trinajstić information content (AvgIpc) is 2.43. The summed E-state index contributed by atoms with van der Waals surface area (Å²) < 4.78 is 0.452. The first-order chi connectivity index (χ1) is 9.49. The first-order valence-electron chi connectivity index (χ1n) is 6.09. The number of hydrogen-bond acceptors (Lipinski definition) is 3. The van der Waals surface area contributed by atoms with Gasteiger partial charge in [-0.15, -0.1) is 0 Å². The lowest BCUT2D eigenvalue weighted by atomic mass is 10.00. The van der Waals surface area contributed by atoms with Crippen LogP contribution in [0.3, 0.4) is 0 Å². The molecule has 20 heavy (non-hydrogen) atoms. The normalized spacial score (nSPS) is 10.3. The van der Waals surface area contributed by atoms with Crippen molar-refractivity contribution in [2.24, 2.45) is 0 Å². The summed E-state index contributed by atoms with van der Waals surface area (Å²) in [6.07, 6.45) is -0.256. The summed E-state index contributed by atoms with van der Waals surface area (Å²) >= 11 is 3.19. The van der Waals surface area contributed by atoms with Gasteiger partial charge in [-0.25, -0.2) is 0 Å². The van der Waals surface area contributed by atoms with Gasteiger partial charge in [0.05, 0.1) is 16.5 Å². The van der Waals surface area contributed by atoms with Gasteiger partial charge in [0.1, 0.15) is 5.75 Å². The zero-order valence-corrected chi connectivity index (χ0v) is 12.5. The molecule has 0 unspecified atom stereocenters. The second kappa shape index (κ2) is 6.01. The Kier molecular flexibility index (Phi) is 4.35. The van der Waals surface area contributed by atoms with Crippen molar-refractivity contribution in [1.82, 2.24) is 0 Å². The fourth-order valence-electron chi connectivity index (χ4n) is 1.91. The molecule has 0 heterocycles. The van der Waals surface area contributed by atoms with Crippen LogP contribution >= 0.6 is 15.9 Å². The summed E-state index contributed by atoms with van der Waals surface area (Å²) in [7, 11) is 0. The first-order valence-corrected chi connectivity index (χ1v) is 6.89. The number of benzene rings is 2. The molecule has 2 aromatic rings. The topological polar surface area (TPSA) is 54.4 Å². The molecule has 3 nitrogen and oxygen atoms in total. The van der Waals surface area contributed by atoms with E-state index in [-0.39, 0.29) is 29.3 Å². The molecule has 0 fully saturated rings. The lowest BCUT2D eigenvalue weighted by Gasteiger charge is -2.07. The van der Waals surface area contributed by atoms with Gasteiger partial charge in [-0.2, -0.15) is 0 Å². The number of phenols is 1. The highest BCUT2D eigenvalue weighted by Gasteiger charge is 2.18. The minimum atomic E-state index is -0.388. The van der Waals surface area contributed by atoms with Gasteiger partial charge in [-0.1, -0.05) is 30.3 Å². The Hall–Kier alpha value is -1.94. The van der Waals surface area contributed by atoms with Gasteiger partial charge in [-0.05, 0) is 40.5 Å². The Morgan fingerprint density at radius 2 is 1.75 bits per heavy atom. The molecule has 0 aliphatic rings. The summed E-state index contributed by atoms with van der Waals surface area (Å²) in [5.41, 5.74) is 1.50. The molecule has 2 rings (SSSR count). The van der Waals surface area contributed by atoms with Crippen molar-refractivity contribution >= 4 is 27.5 Å². The lowest BCUT2D eigenvalue weighted by Crippen LogP contribution is -2.09. The van der Waals surface area contributed by atoms with Gasteiger partial charge in [-0.3, -0.25) is 9.59 Å². The summed E-state index contributed by atoms with van der Waals surface area (Å²) in [6.45, 7) is 1.82. The van der Waals surface area contributed by atoms with Crippen LogP contribution in [0, 0.1) is 6.92 Å². The molecule has 0 spiro atoms. The zero-order valence-electron chi connectivity index (χ0n) is 10.9. The molecule has 0 aliphatic carbocycles. The van der Waals surface area contributed by atoms with Crippen LogP contribution in [-0.2, 0) is 0 Å². The van der Waals surface area contributed by atoms with Crippen molar-refractivity contribution in [3.63, 3.8) is 0 Å². The minimum Gasteiger partial charge on any atom is -0.506 e. The number of halogens is 1. The maximum absolute atomic E-state index is 12.2. The van der Waals surface area contributed by atoms with E-state index in [0.717, 1.165) is 5.56 Å². The second-order valence-corrected chi connectivity index (χ2v) is 5.39. The van der Waals surface area contributed by atoms with Crippen LogP contribution in [0.1, 0.15) is 32.7 Å². The van der Waals surface area contributed by atoms with Crippen LogP contribution in [-0.4, -0.2) is 16.7 Å². The Balaban J connectivity index is 2.23. The van der Waals surface area contributed by atoms with Gasteiger partial charge >= 0.3 is 0 Å². The van der Waals surface area contributed by atoms with Gasteiger partial charge in [0.2, 0.25) is 0 Å². The van der Waals surface area contributed by atoms with Crippen molar-refractivity contribution in [3.8, 4) is 5.75 Å². The SMILES string of the molecule is Cc1cc(Br)c(O)c(C(=O)CC(=O)c2ccccc2)c1. The van der Waals surface area contributed by atoms with E-state index in [9.17, 15) is 14.7 Å². The standard InChI is InChI=1S/C16H13BrO3/c1-10-7-12(16(20)13(17)8-10)15(19)9-14(18)11-5-3-2-4-6-11/h2-8,20H,9H2,1H3. The molecule has 0 saturated heterocycles. The predicted octanol–water partition coefficient (Wildman–Crippen LogP) is 3.92. The number of phenolic OH excluding ortho intramolecular Hbond substituents is 1. The molecule has 0 atom stereocenters. The molecule has 0 aliphatic heterocycles. The number of hydrogen-bond donors (Lipinski definition) is 1. The molecule has 0 amide bonds. The molecule has 0 bridgehead atoms. The molecular weight excluding hydrogens is 320 g/mol. The first kappa shape index (κ1) is 14.5. The number of ketones is 2. The van der Waals surface area contributed by atoms with E-state index in [1.807, 2.05) is 13.0 Å². The largest absolute Gasteiger partial charge is 0.506 e. The molecule has 2 aromatic carbocycles. The zero-order chi connectivity index (χ0) is 14.7. The molecule has 0 aromatic heterocycles. The van der Waals surface area contributed by atoms with Crippen LogP contribution in [0.2, 0.25) is 0 Å². The maximum atomic E-state index is 12.2. The van der Waals surface area contributed by atoms with Gasteiger partial charge in [0, 0.05) is 5.56 Å². The number of aromatic hydroxyl groups is 1. The van der Waals surface area contributed by atoms with Crippen molar-refractivity contribution in [2.75, 3.05) is 0 Å². The van der Waals surface area contributed by atoms with Gasteiger partial charge in [0.25, 0.3) is 0 Å². The van der Waals surface area contributed by atoms with E-state index >= 15 is 0 Å². The summed E-state index contributed by atoms with van der Waals surface area (Å²) in [5.74, 6) is -0.769. The van der Waals surface area contributed by atoms with E-state index in [1.165, 1.54) is 0 Å². The molecule has 1 N–H and O–H groups in total. The lowest BCUT2D eigenvalue weighted by molar-refractivity contribution is 0.0893. The van der Waals surface area contributed by atoms with Crippen LogP contribution in [0.25, 0.3) is 0 Å². The molecular formula is C16H13BrO3. The second-order valence-electron chi connectivity index (χ2n) is 4.53. The van der Waals surface area contributed by atoms with Crippen molar-refractivity contribution < 1.29 is 14.7 Å². The monoisotopic (exact) mass is 332 g/mol. The van der Waals surface area contributed by atoms with Gasteiger partial charge in [0.15, 0.2) is 11.6 Å². The fourth-order valence-corrected chi connectivity index (χ4v) is 2.49. The van der Waals surface area contributed by atoms with Crippen LogP contribution in [0.15, 0.2) is 46.9 Å². The fraction of sp³-hybridized carbons (Fsp3) is 0.125.